The molecule has 12 nitrogen and oxygen atoms in total. The van der Waals surface area contributed by atoms with E-state index in [0.29, 0.717) is 31.5 Å². The van der Waals surface area contributed by atoms with Gasteiger partial charge in [0.15, 0.2) is 0 Å². The van der Waals surface area contributed by atoms with Crippen LogP contribution in [0.3, 0.4) is 0 Å². The van der Waals surface area contributed by atoms with E-state index >= 15 is 0 Å². The molecule has 44 heavy (non-hydrogen) atoms. The molecule has 4 unspecified atom stereocenters. The lowest BCUT2D eigenvalue weighted by Gasteiger charge is -2.43. The van der Waals surface area contributed by atoms with Crippen molar-refractivity contribution in [2.24, 2.45) is 14.1 Å². The van der Waals surface area contributed by atoms with Crippen molar-refractivity contribution in [3.63, 3.8) is 0 Å². The first kappa shape index (κ1) is 33.5. The van der Waals surface area contributed by atoms with Gasteiger partial charge in [-0.05, 0) is 67.2 Å². The van der Waals surface area contributed by atoms with Gasteiger partial charge >= 0.3 is 12.2 Å². The molecule has 2 amide bonds. The maximum absolute atomic E-state index is 12.4. The first-order valence-electron chi connectivity index (χ1n) is 15.6. The molecular formula is C32H50N6O6. The largest absolute Gasteiger partial charge is 0.444 e. The zero-order valence-corrected chi connectivity index (χ0v) is 27.5. The van der Waals surface area contributed by atoms with Crippen molar-refractivity contribution in [3.8, 4) is 0 Å². The van der Waals surface area contributed by atoms with Crippen LogP contribution in [-0.2, 0) is 34.0 Å². The average Bonchev–Trinajstić information content (AvgIpc) is 3.65. The summed E-state index contributed by atoms with van der Waals surface area (Å²) in [6.07, 6.45) is 14.2. The Kier molecular flexibility index (Phi) is 9.82. The van der Waals surface area contributed by atoms with Gasteiger partial charge in [-0.15, -0.1) is 0 Å². The van der Waals surface area contributed by atoms with E-state index in [4.69, 9.17) is 9.47 Å². The number of fused-ring (bicyclic) bond motifs is 4. The predicted octanol–water partition coefficient (Wildman–Crippen LogP) is 4.71. The fourth-order valence-corrected chi connectivity index (χ4v) is 6.74. The number of rotatable bonds is 1. The molecule has 0 aliphatic carbocycles. The van der Waals surface area contributed by atoms with Gasteiger partial charge in [0.25, 0.3) is 0 Å². The second kappa shape index (κ2) is 12.9. The number of carbonyl (C=O) groups excluding carboxylic acids is 3. The summed E-state index contributed by atoms with van der Waals surface area (Å²) in [7, 11) is 3.83. The fourth-order valence-electron chi connectivity index (χ4n) is 6.74. The second-order valence-electron chi connectivity index (χ2n) is 14.5. The number of hydrogen-bond donors (Lipinski definition) is 1. The average molecular weight is 615 g/mol. The zero-order chi connectivity index (χ0) is 32.4. The molecule has 6 rings (SSSR count). The molecule has 0 spiro atoms. The summed E-state index contributed by atoms with van der Waals surface area (Å²) in [5.74, 6) is 0.973. The molecule has 0 saturated carbocycles. The highest BCUT2D eigenvalue weighted by atomic mass is 16.6. The molecule has 4 bridgehead atoms. The van der Waals surface area contributed by atoms with Crippen molar-refractivity contribution in [2.75, 3.05) is 0 Å². The Labute approximate surface area is 260 Å². The van der Waals surface area contributed by atoms with Crippen LogP contribution in [0.5, 0.6) is 0 Å². The third-order valence-electron chi connectivity index (χ3n) is 8.40. The number of imidazole rings is 2. The number of Topliss-reactive ketones (excluding diaryl/α,β-unsaturated/α-hetero) is 1. The Bertz CT molecular complexity index is 1260. The molecule has 2 aromatic rings. The summed E-state index contributed by atoms with van der Waals surface area (Å²) in [6, 6.07) is 0.216. The van der Waals surface area contributed by atoms with Crippen molar-refractivity contribution in [3.05, 3.63) is 36.9 Å². The van der Waals surface area contributed by atoms with Gasteiger partial charge in [-0.2, -0.15) is 0 Å². The Balaban J connectivity index is 0.000000174. The Morgan fingerprint density at radius 2 is 1.30 bits per heavy atom. The van der Waals surface area contributed by atoms with Gasteiger partial charge in [0.2, 0.25) is 0 Å². The van der Waals surface area contributed by atoms with Crippen LogP contribution in [0.4, 0.5) is 9.59 Å². The summed E-state index contributed by atoms with van der Waals surface area (Å²) in [5.41, 5.74) is -1.91. The van der Waals surface area contributed by atoms with E-state index in [1.54, 1.807) is 23.6 Å². The smallest absolute Gasteiger partial charge is 0.410 e. The van der Waals surface area contributed by atoms with Crippen LogP contribution in [0.1, 0.15) is 98.7 Å². The van der Waals surface area contributed by atoms with Gasteiger partial charge in [0.05, 0.1) is 6.33 Å². The molecule has 6 heterocycles. The molecule has 4 aliphatic rings. The van der Waals surface area contributed by atoms with Crippen LogP contribution in [-0.4, -0.2) is 87.3 Å². The minimum atomic E-state index is -0.956. The number of aromatic nitrogens is 4. The highest BCUT2D eigenvalue weighted by molar-refractivity contribution is 5.83. The summed E-state index contributed by atoms with van der Waals surface area (Å²) >= 11 is 0. The van der Waals surface area contributed by atoms with E-state index in [1.807, 2.05) is 82.1 Å². The van der Waals surface area contributed by atoms with E-state index in [2.05, 4.69) is 9.97 Å². The van der Waals surface area contributed by atoms with Crippen molar-refractivity contribution < 1.29 is 29.0 Å². The van der Waals surface area contributed by atoms with Crippen molar-refractivity contribution in [2.45, 2.75) is 134 Å². The Morgan fingerprint density at radius 1 is 0.818 bits per heavy atom. The number of carbonyl (C=O) groups is 3. The van der Waals surface area contributed by atoms with E-state index in [9.17, 15) is 19.5 Å². The summed E-state index contributed by atoms with van der Waals surface area (Å²) in [6.45, 7) is 11.2. The minimum absolute atomic E-state index is 0.0234. The first-order valence-corrected chi connectivity index (χ1v) is 15.6. The molecule has 4 fully saturated rings. The molecule has 4 atom stereocenters. The molecule has 1 N–H and O–H groups in total. The normalized spacial score (nSPS) is 27.6. The van der Waals surface area contributed by atoms with Crippen LogP contribution >= 0.6 is 0 Å². The lowest BCUT2D eigenvalue weighted by atomic mass is 9.85. The van der Waals surface area contributed by atoms with Crippen molar-refractivity contribution >= 4 is 18.0 Å². The first-order chi connectivity index (χ1) is 20.5. The lowest BCUT2D eigenvalue weighted by Crippen LogP contribution is -2.53. The number of ketones is 1. The monoisotopic (exact) mass is 614 g/mol. The number of nitrogens with zero attached hydrogens (tertiary/aromatic N) is 6. The standard InChI is InChI=1S/C16H25N3O3.C12H19NO3.C4H6N2/c1-15(2,3)22-14(20)19-11-5-6-12(19)10-16(21,9-11)13-17-7-8-18(13)4;1-12(2,3)16-11(15)13-8-4-5-9(13)7-10(14)6-8;1-6-3-2-5-4-6/h7-8,11-12,21H,5-6,9-10H2,1-4H3;8-9H,4-7H2,1-3H3;2-4H,1H3. The predicted molar refractivity (Wildman–Crippen MR) is 164 cm³/mol. The number of hydrogen-bond acceptors (Lipinski definition) is 8. The number of aliphatic hydroxyl groups is 1. The van der Waals surface area contributed by atoms with Crippen LogP contribution in [0.15, 0.2) is 31.1 Å². The number of amides is 2. The Hall–Kier alpha value is -3.41. The third-order valence-corrected chi connectivity index (χ3v) is 8.40. The molecule has 4 saturated heterocycles. The molecule has 0 radical (unpaired) electrons. The van der Waals surface area contributed by atoms with Gasteiger partial charge in [-0.1, -0.05) is 0 Å². The maximum Gasteiger partial charge on any atom is 0.410 e. The van der Waals surface area contributed by atoms with Crippen molar-refractivity contribution in [1.82, 2.24) is 28.9 Å². The topological polar surface area (TPSA) is 132 Å². The van der Waals surface area contributed by atoms with E-state index in [0.717, 1.165) is 25.7 Å². The molecule has 2 aromatic heterocycles. The van der Waals surface area contributed by atoms with Crippen LogP contribution < -0.4 is 0 Å². The fraction of sp³-hybridized carbons (Fsp3) is 0.719. The van der Waals surface area contributed by atoms with Crippen LogP contribution in [0.2, 0.25) is 0 Å². The summed E-state index contributed by atoms with van der Waals surface area (Å²) in [5, 5.41) is 11.1. The van der Waals surface area contributed by atoms with E-state index < -0.39 is 16.8 Å². The molecule has 0 aromatic carbocycles. The third kappa shape index (κ3) is 8.19. The van der Waals surface area contributed by atoms with E-state index in [1.165, 1.54) is 0 Å². The van der Waals surface area contributed by atoms with Gasteiger partial charge in [-0.25, -0.2) is 19.6 Å². The molecule has 244 valence electrons. The quantitative estimate of drug-likeness (QED) is 0.489. The van der Waals surface area contributed by atoms with Crippen molar-refractivity contribution in [1.29, 1.82) is 0 Å². The Morgan fingerprint density at radius 3 is 1.66 bits per heavy atom. The van der Waals surface area contributed by atoms with Gasteiger partial charge in [0, 0.05) is 88.7 Å². The number of aryl methyl sites for hydroxylation is 2. The van der Waals surface area contributed by atoms with Crippen LogP contribution in [0, 0.1) is 0 Å². The minimum Gasteiger partial charge on any atom is -0.444 e. The highest BCUT2D eigenvalue weighted by Gasteiger charge is 2.52. The molecule has 12 heteroatoms. The second-order valence-corrected chi connectivity index (χ2v) is 14.5. The summed E-state index contributed by atoms with van der Waals surface area (Å²) in [4.78, 5) is 47.5. The highest BCUT2D eigenvalue weighted by Crippen LogP contribution is 2.45. The summed E-state index contributed by atoms with van der Waals surface area (Å²) < 4.78 is 14.6. The van der Waals surface area contributed by atoms with Crippen LogP contribution in [0.25, 0.3) is 0 Å². The van der Waals surface area contributed by atoms with Gasteiger partial charge in [0.1, 0.15) is 28.4 Å². The number of piperidine rings is 2. The SMILES string of the molecule is CC(C)(C)OC(=O)N1C2CCC1CC(=O)C2.Cn1ccnc1.Cn1ccnc1C1(O)CC2CCC(C1)N2C(=O)OC(C)(C)C. The lowest BCUT2D eigenvalue weighted by molar-refractivity contribution is -0.123. The van der Waals surface area contributed by atoms with Gasteiger partial charge < -0.3 is 33.5 Å². The molecule has 4 aliphatic heterocycles. The van der Waals surface area contributed by atoms with Gasteiger partial charge in [-0.3, -0.25) is 4.79 Å². The number of ether oxygens (including phenoxy) is 2. The maximum atomic E-state index is 12.4. The zero-order valence-electron chi connectivity index (χ0n) is 27.5. The van der Waals surface area contributed by atoms with E-state index in [-0.39, 0.29) is 42.1 Å². The molecular weight excluding hydrogens is 564 g/mol.